The molecule has 0 heterocycles. The standard InChI is InChI=1S/C30H47NO8/c1-19(2)10-13-25(32)37-20(3)18-31-22(28(35)36)14-21-11-12-23(38-26(33)16-29(4,5)6)24(15-21)39-27(34)17-30(7,8)9/h11-12,15,19-20,22,31H,10,13-14,16-18H2,1-9H3,(H,35,36)/t20?,22-/m0/s1. The number of carboxylic acid groups (broad SMARTS) is 1. The Morgan fingerprint density at radius 3 is 1.87 bits per heavy atom. The van der Waals surface area contributed by atoms with Crippen LogP contribution < -0.4 is 14.8 Å². The van der Waals surface area contributed by atoms with E-state index in [1.807, 2.05) is 55.4 Å². The Labute approximate surface area is 233 Å². The molecule has 0 saturated heterocycles. The largest absolute Gasteiger partial charge is 0.480 e. The number of benzene rings is 1. The number of ether oxygens (including phenoxy) is 3. The summed E-state index contributed by atoms with van der Waals surface area (Å²) < 4.78 is 16.5. The van der Waals surface area contributed by atoms with Gasteiger partial charge in [-0.05, 0) is 54.2 Å². The molecule has 0 spiro atoms. The monoisotopic (exact) mass is 549 g/mol. The van der Waals surface area contributed by atoms with Gasteiger partial charge in [-0.25, -0.2) is 0 Å². The van der Waals surface area contributed by atoms with Gasteiger partial charge in [0.1, 0.15) is 12.1 Å². The Bertz CT molecular complexity index is 988. The molecule has 1 aromatic carbocycles. The van der Waals surface area contributed by atoms with Gasteiger partial charge >= 0.3 is 23.9 Å². The first-order valence-electron chi connectivity index (χ1n) is 13.5. The van der Waals surface area contributed by atoms with Crippen molar-refractivity contribution < 1.29 is 38.5 Å². The maximum atomic E-state index is 12.6. The van der Waals surface area contributed by atoms with Gasteiger partial charge in [-0.1, -0.05) is 61.5 Å². The van der Waals surface area contributed by atoms with Crippen LogP contribution in [0.1, 0.15) is 93.6 Å². The van der Waals surface area contributed by atoms with Gasteiger partial charge in [0.05, 0.1) is 12.8 Å². The van der Waals surface area contributed by atoms with E-state index in [0.29, 0.717) is 17.9 Å². The molecular formula is C30H47NO8. The lowest BCUT2D eigenvalue weighted by Gasteiger charge is -2.21. The highest BCUT2D eigenvalue weighted by Crippen LogP contribution is 2.32. The van der Waals surface area contributed by atoms with E-state index in [4.69, 9.17) is 14.2 Å². The van der Waals surface area contributed by atoms with Crippen molar-refractivity contribution in [3.8, 4) is 11.5 Å². The van der Waals surface area contributed by atoms with Crippen LogP contribution in [0.4, 0.5) is 0 Å². The summed E-state index contributed by atoms with van der Waals surface area (Å²) in [5.74, 6) is -1.83. The minimum atomic E-state index is -1.08. The summed E-state index contributed by atoms with van der Waals surface area (Å²) >= 11 is 0. The van der Waals surface area contributed by atoms with E-state index in [0.717, 1.165) is 6.42 Å². The molecule has 1 unspecified atom stereocenters. The Balaban J connectivity index is 3.02. The average molecular weight is 550 g/mol. The molecule has 0 amide bonds. The Morgan fingerprint density at radius 2 is 1.38 bits per heavy atom. The Hall–Kier alpha value is -2.94. The first-order chi connectivity index (χ1) is 17.8. The molecule has 0 aliphatic rings. The second-order valence-electron chi connectivity index (χ2n) is 12.9. The van der Waals surface area contributed by atoms with Crippen LogP contribution in [0, 0.1) is 16.7 Å². The predicted octanol–water partition coefficient (Wildman–Crippen LogP) is 5.32. The van der Waals surface area contributed by atoms with E-state index in [2.05, 4.69) is 5.32 Å². The van der Waals surface area contributed by atoms with Crippen LogP contribution in [0.3, 0.4) is 0 Å². The molecule has 2 atom stereocenters. The molecule has 0 aliphatic carbocycles. The first kappa shape index (κ1) is 34.1. The number of nitrogens with one attached hydrogen (secondary N) is 1. The molecular weight excluding hydrogens is 502 g/mol. The SMILES string of the molecule is CC(C)CCC(=O)OC(C)CN[C@@H](Cc1ccc(OC(=O)CC(C)(C)C)c(OC(=O)CC(C)(C)C)c1)C(=O)O. The molecule has 1 rings (SSSR count). The van der Waals surface area contributed by atoms with Crippen LogP contribution in [-0.4, -0.2) is 47.7 Å². The lowest BCUT2D eigenvalue weighted by molar-refractivity contribution is -0.148. The summed E-state index contributed by atoms with van der Waals surface area (Å²) in [5, 5.41) is 12.7. The van der Waals surface area contributed by atoms with Crippen molar-refractivity contribution in [1.29, 1.82) is 0 Å². The predicted molar refractivity (Wildman–Crippen MR) is 149 cm³/mol. The summed E-state index contributed by atoms with van der Waals surface area (Å²) in [7, 11) is 0. The minimum absolute atomic E-state index is 0.0561. The third-order valence-electron chi connectivity index (χ3n) is 5.45. The smallest absolute Gasteiger partial charge is 0.321 e. The molecule has 9 heteroatoms. The van der Waals surface area contributed by atoms with E-state index in [-0.39, 0.29) is 54.1 Å². The quantitative estimate of drug-likeness (QED) is 0.234. The normalized spacial score (nSPS) is 13.5. The summed E-state index contributed by atoms with van der Waals surface area (Å²) in [6, 6.07) is 3.67. The van der Waals surface area contributed by atoms with E-state index in [1.54, 1.807) is 13.0 Å². The number of aliphatic carboxylic acids is 1. The van der Waals surface area contributed by atoms with Gasteiger partial charge in [-0.2, -0.15) is 0 Å². The van der Waals surface area contributed by atoms with Crippen LogP contribution in [-0.2, 0) is 30.3 Å². The first-order valence-corrected chi connectivity index (χ1v) is 13.5. The fourth-order valence-corrected chi connectivity index (χ4v) is 3.55. The van der Waals surface area contributed by atoms with Gasteiger partial charge in [-0.3, -0.25) is 19.2 Å². The van der Waals surface area contributed by atoms with Gasteiger partial charge in [0.2, 0.25) is 0 Å². The lowest BCUT2D eigenvalue weighted by Crippen LogP contribution is -2.42. The number of carbonyl (C=O) groups excluding carboxylic acids is 3. The maximum absolute atomic E-state index is 12.6. The highest BCUT2D eigenvalue weighted by molar-refractivity contribution is 5.77. The summed E-state index contributed by atoms with van der Waals surface area (Å²) in [5.41, 5.74) is -0.0450. The van der Waals surface area contributed by atoms with Gasteiger partial charge in [-0.15, -0.1) is 0 Å². The Morgan fingerprint density at radius 1 is 0.846 bits per heavy atom. The third-order valence-corrected chi connectivity index (χ3v) is 5.45. The molecule has 0 aromatic heterocycles. The van der Waals surface area contributed by atoms with Crippen molar-refractivity contribution in [2.24, 2.45) is 16.7 Å². The zero-order chi connectivity index (χ0) is 30.0. The zero-order valence-corrected chi connectivity index (χ0v) is 25.0. The van der Waals surface area contributed by atoms with Crippen LogP contribution >= 0.6 is 0 Å². The van der Waals surface area contributed by atoms with Crippen molar-refractivity contribution in [3.05, 3.63) is 23.8 Å². The number of carboxylic acids is 1. The molecule has 1 aromatic rings. The van der Waals surface area contributed by atoms with Crippen molar-refractivity contribution in [1.82, 2.24) is 5.32 Å². The molecule has 0 fully saturated rings. The summed E-state index contributed by atoms with van der Waals surface area (Å²) in [6.45, 7) is 17.3. The van der Waals surface area contributed by atoms with Crippen LogP contribution in [0.5, 0.6) is 11.5 Å². The maximum Gasteiger partial charge on any atom is 0.321 e. The zero-order valence-electron chi connectivity index (χ0n) is 25.0. The van der Waals surface area contributed by atoms with E-state index in [1.165, 1.54) is 12.1 Å². The molecule has 0 bridgehead atoms. The van der Waals surface area contributed by atoms with Crippen molar-refractivity contribution in [3.63, 3.8) is 0 Å². The number of hydrogen-bond acceptors (Lipinski definition) is 8. The van der Waals surface area contributed by atoms with Crippen molar-refractivity contribution in [2.75, 3.05) is 6.54 Å². The molecule has 0 saturated carbocycles. The molecule has 220 valence electrons. The van der Waals surface area contributed by atoms with E-state index in [9.17, 15) is 24.3 Å². The molecule has 2 N–H and O–H groups in total. The number of esters is 3. The fraction of sp³-hybridized carbons (Fsp3) is 0.667. The Kier molecular flexibility index (Phi) is 13.1. The van der Waals surface area contributed by atoms with Crippen LogP contribution in [0.15, 0.2) is 18.2 Å². The molecule has 0 aliphatic heterocycles. The minimum Gasteiger partial charge on any atom is -0.480 e. The van der Waals surface area contributed by atoms with E-state index >= 15 is 0 Å². The fourth-order valence-electron chi connectivity index (χ4n) is 3.55. The van der Waals surface area contributed by atoms with Gasteiger partial charge < -0.3 is 24.6 Å². The molecule has 0 radical (unpaired) electrons. The van der Waals surface area contributed by atoms with Gasteiger partial charge in [0.15, 0.2) is 11.5 Å². The number of rotatable bonds is 14. The average Bonchev–Trinajstić information content (AvgIpc) is 2.74. The lowest BCUT2D eigenvalue weighted by atomic mass is 9.92. The number of hydrogen-bond donors (Lipinski definition) is 2. The highest BCUT2D eigenvalue weighted by atomic mass is 16.6. The molecule has 39 heavy (non-hydrogen) atoms. The summed E-state index contributed by atoms with van der Waals surface area (Å²) in [4.78, 5) is 49.0. The second kappa shape index (κ2) is 15.0. The van der Waals surface area contributed by atoms with Crippen molar-refractivity contribution >= 4 is 23.9 Å². The molecule has 9 nitrogen and oxygen atoms in total. The second-order valence-corrected chi connectivity index (χ2v) is 12.9. The number of carbonyl (C=O) groups is 4. The topological polar surface area (TPSA) is 128 Å². The van der Waals surface area contributed by atoms with Gasteiger partial charge in [0, 0.05) is 13.0 Å². The van der Waals surface area contributed by atoms with E-state index < -0.39 is 30.1 Å². The van der Waals surface area contributed by atoms with Crippen LogP contribution in [0.2, 0.25) is 0 Å². The third kappa shape index (κ3) is 15.3. The van der Waals surface area contributed by atoms with Crippen LogP contribution in [0.25, 0.3) is 0 Å². The van der Waals surface area contributed by atoms with Gasteiger partial charge in [0.25, 0.3) is 0 Å². The summed E-state index contributed by atoms with van der Waals surface area (Å²) in [6.07, 6.45) is 0.887. The van der Waals surface area contributed by atoms with Crippen molar-refractivity contribution in [2.45, 2.75) is 107 Å². The highest BCUT2D eigenvalue weighted by Gasteiger charge is 2.24.